The van der Waals surface area contributed by atoms with Crippen LogP contribution in [-0.2, 0) is 14.4 Å². The Hall–Kier alpha value is -3.75. The molecule has 0 aliphatic carbocycles. The van der Waals surface area contributed by atoms with E-state index in [1.54, 1.807) is 41.5 Å². The highest BCUT2D eigenvalue weighted by Gasteiger charge is 2.61. The minimum atomic E-state index is -1.02. The molecule has 2 aliphatic heterocycles. The molecule has 0 radical (unpaired) electrons. The molecule has 35 heavy (non-hydrogen) atoms. The minimum absolute atomic E-state index is 0.387. The van der Waals surface area contributed by atoms with Gasteiger partial charge in [-0.2, -0.15) is 0 Å². The number of methoxy groups -OCH3 is 3. The number of hydroxylamine groups is 1. The predicted molar refractivity (Wildman–Crippen MR) is 130 cm³/mol. The van der Waals surface area contributed by atoms with Gasteiger partial charge in [-0.25, -0.2) is 9.96 Å². The van der Waals surface area contributed by atoms with Crippen LogP contribution in [-0.4, -0.2) is 39.2 Å². The number of ether oxygens (including phenoxy) is 3. The van der Waals surface area contributed by atoms with Crippen molar-refractivity contribution in [2.24, 2.45) is 5.92 Å². The van der Waals surface area contributed by atoms with Crippen LogP contribution in [0.5, 0.6) is 17.2 Å². The first kappa shape index (κ1) is 23.0. The average molecular weight is 495 g/mol. The van der Waals surface area contributed by atoms with Gasteiger partial charge in [0.15, 0.2) is 17.6 Å². The molecule has 0 bridgehead atoms. The number of nitrogens with zero attached hydrogens (tertiary/aromatic N) is 2. The van der Waals surface area contributed by atoms with E-state index in [0.717, 1.165) is 4.90 Å². The second-order valence-corrected chi connectivity index (χ2v) is 8.54. The second kappa shape index (κ2) is 9.13. The maximum atomic E-state index is 13.8. The standard InChI is InChI=1S/C26H23ClN2O6/c1-32-19-14-21(34-3)20(33-2)13-18(19)23-22-24(35-29(23)16-9-5-4-6-10-16)26(31)28(25(22)30)17-11-7-8-15(27)12-17/h4-14,22-24H,1-3H3. The van der Waals surface area contributed by atoms with E-state index in [1.807, 2.05) is 30.3 Å². The maximum Gasteiger partial charge on any atom is 0.266 e. The number of carbonyl (C=O) groups excluding carboxylic acids is 2. The fraction of sp³-hybridized carbons (Fsp3) is 0.231. The number of amides is 2. The van der Waals surface area contributed by atoms with Crippen molar-refractivity contribution in [2.75, 3.05) is 31.3 Å². The van der Waals surface area contributed by atoms with Crippen LogP contribution >= 0.6 is 11.6 Å². The van der Waals surface area contributed by atoms with Crippen molar-refractivity contribution in [2.45, 2.75) is 12.1 Å². The molecule has 2 fully saturated rings. The minimum Gasteiger partial charge on any atom is -0.496 e. The Morgan fingerprint density at radius 1 is 0.771 bits per heavy atom. The second-order valence-electron chi connectivity index (χ2n) is 8.10. The van der Waals surface area contributed by atoms with Crippen molar-refractivity contribution in [1.29, 1.82) is 0 Å². The van der Waals surface area contributed by atoms with Crippen LogP contribution in [0.15, 0.2) is 66.7 Å². The summed E-state index contributed by atoms with van der Waals surface area (Å²) < 4.78 is 16.6. The highest BCUT2D eigenvalue weighted by atomic mass is 35.5. The van der Waals surface area contributed by atoms with Crippen LogP contribution in [0.3, 0.4) is 0 Å². The van der Waals surface area contributed by atoms with E-state index in [0.29, 0.717) is 39.2 Å². The summed E-state index contributed by atoms with van der Waals surface area (Å²) in [5.74, 6) is -0.270. The molecule has 3 aromatic carbocycles. The van der Waals surface area contributed by atoms with Gasteiger partial charge in [0, 0.05) is 16.7 Å². The molecule has 3 aromatic rings. The molecule has 180 valence electrons. The summed E-state index contributed by atoms with van der Waals surface area (Å²) in [4.78, 5) is 34.6. The van der Waals surface area contributed by atoms with Crippen LogP contribution in [0.1, 0.15) is 11.6 Å². The Morgan fingerprint density at radius 3 is 2.09 bits per heavy atom. The Bertz CT molecular complexity index is 1280. The van der Waals surface area contributed by atoms with E-state index in [9.17, 15) is 9.59 Å². The normalized spacial score (nSPS) is 21.3. The van der Waals surface area contributed by atoms with Crippen molar-refractivity contribution in [3.8, 4) is 17.2 Å². The fourth-order valence-electron chi connectivity index (χ4n) is 4.68. The van der Waals surface area contributed by atoms with Gasteiger partial charge in [-0.15, -0.1) is 0 Å². The Kier molecular flexibility index (Phi) is 6.00. The lowest BCUT2D eigenvalue weighted by Gasteiger charge is -2.30. The summed E-state index contributed by atoms with van der Waals surface area (Å²) in [6.45, 7) is 0. The number of para-hydroxylation sites is 1. The third-order valence-electron chi connectivity index (χ3n) is 6.25. The molecule has 0 saturated carbocycles. The molecule has 3 atom stereocenters. The van der Waals surface area contributed by atoms with Gasteiger partial charge in [0.2, 0.25) is 5.91 Å². The van der Waals surface area contributed by atoms with Gasteiger partial charge in [0.05, 0.1) is 32.7 Å². The molecule has 2 amide bonds. The van der Waals surface area contributed by atoms with Gasteiger partial charge >= 0.3 is 0 Å². The molecule has 9 heteroatoms. The molecule has 2 saturated heterocycles. The number of carbonyl (C=O) groups is 2. The number of anilines is 2. The van der Waals surface area contributed by atoms with E-state index in [4.69, 9.17) is 30.6 Å². The van der Waals surface area contributed by atoms with Gasteiger partial charge in [-0.05, 0) is 36.4 Å². The van der Waals surface area contributed by atoms with Crippen LogP contribution in [0, 0.1) is 5.92 Å². The first-order valence-electron chi connectivity index (χ1n) is 10.9. The first-order valence-corrected chi connectivity index (χ1v) is 11.3. The molecule has 0 N–H and O–H groups in total. The molecule has 0 aromatic heterocycles. The number of rotatable bonds is 6. The van der Waals surface area contributed by atoms with E-state index in [1.165, 1.54) is 21.3 Å². The third kappa shape index (κ3) is 3.75. The van der Waals surface area contributed by atoms with Crippen LogP contribution in [0.4, 0.5) is 11.4 Å². The highest BCUT2D eigenvalue weighted by Crippen LogP contribution is 2.51. The van der Waals surface area contributed by atoms with Gasteiger partial charge < -0.3 is 14.2 Å². The number of hydrogen-bond acceptors (Lipinski definition) is 7. The monoisotopic (exact) mass is 494 g/mol. The largest absolute Gasteiger partial charge is 0.496 e. The Morgan fingerprint density at radius 2 is 1.43 bits per heavy atom. The molecule has 2 heterocycles. The molecule has 2 aliphatic rings. The third-order valence-corrected chi connectivity index (χ3v) is 6.48. The van der Waals surface area contributed by atoms with Gasteiger partial charge in [-0.1, -0.05) is 35.9 Å². The lowest BCUT2D eigenvalue weighted by atomic mass is 9.89. The molecule has 3 unspecified atom stereocenters. The number of benzene rings is 3. The van der Waals surface area contributed by atoms with E-state index >= 15 is 0 Å². The zero-order chi connectivity index (χ0) is 24.7. The molecule has 0 spiro atoms. The molecular formula is C26H23ClN2O6. The van der Waals surface area contributed by atoms with Gasteiger partial charge in [-0.3, -0.25) is 14.4 Å². The number of halogens is 1. The van der Waals surface area contributed by atoms with E-state index < -0.39 is 24.0 Å². The summed E-state index contributed by atoms with van der Waals surface area (Å²) >= 11 is 6.14. The van der Waals surface area contributed by atoms with Crippen molar-refractivity contribution in [3.05, 3.63) is 77.3 Å². The summed E-state index contributed by atoms with van der Waals surface area (Å²) in [5.41, 5.74) is 1.71. The highest BCUT2D eigenvalue weighted by molar-refractivity contribution is 6.31. The van der Waals surface area contributed by atoms with E-state index in [-0.39, 0.29) is 5.91 Å². The maximum absolute atomic E-state index is 13.8. The van der Waals surface area contributed by atoms with Crippen LogP contribution < -0.4 is 24.2 Å². The predicted octanol–water partition coefficient (Wildman–Crippen LogP) is 4.42. The summed E-state index contributed by atoms with van der Waals surface area (Å²) in [6, 6.07) is 18.7. The van der Waals surface area contributed by atoms with Crippen molar-refractivity contribution >= 4 is 34.8 Å². The smallest absolute Gasteiger partial charge is 0.266 e. The Labute approximate surface area is 207 Å². The first-order chi connectivity index (χ1) is 17.0. The zero-order valence-electron chi connectivity index (χ0n) is 19.3. The van der Waals surface area contributed by atoms with E-state index in [2.05, 4.69) is 0 Å². The average Bonchev–Trinajstić information content (AvgIpc) is 3.39. The van der Waals surface area contributed by atoms with Crippen LogP contribution in [0.25, 0.3) is 0 Å². The Balaban J connectivity index is 1.66. The topological polar surface area (TPSA) is 77.5 Å². The van der Waals surface area contributed by atoms with Crippen LogP contribution in [0.2, 0.25) is 5.02 Å². The molecular weight excluding hydrogens is 472 g/mol. The van der Waals surface area contributed by atoms with Gasteiger partial charge in [0.1, 0.15) is 17.7 Å². The van der Waals surface area contributed by atoms with Crippen molar-refractivity contribution in [3.63, 3.8) is 0 Å². The fourth-order valence-corrected chi connectivity index (χ4v) is 4.87. The molecule has 8 nitrogen and oxygen atoms in total. The number of imide groups is 1. The van der Waals surface area contributed by atoms with Gasteiger partial charge in [0.25, 0.3) is 5.91 Å². The lowest BCUT2D eigenvalue weighted by molar-refractivity contribution is -0.126. The van der Waals surface area contributed by atoms with Crippen molar-refractivity contribution in [1.82, 2.24) is 0 Å². The quantitative estimate of drug-likeness (QED) is 0.469. The molecule has 5 rings (SSSR count). The lowest BCUT2D eigenvalue weighted by Crippen LogP contribution is -2.37. The SMILES string of the molecule is COc1cc(OC)c(C2C3C(=O)N(c4cccc(Cl)c4)C(=O)C3ON2c2ccccc2)cc1OC. The summed E-state index contributed by atoms with van der Waals surface area (Å²) in [7, 11) is 4.59. The zero-order valence-corrected chi connectivity index (χ0v) is 20.1. The summed E-state index contributed by atoms with van der Waals surface area (Å²) in [5, 5.41) is 2.02. The number of fused-ring (bicyclic) bond motifs is 1. The van der Waals surface area contributed by atoms with Crippen molar-refractivity contribution < 1.29 is 28.6 Å². The number of hydrogen-bond donors (Lipinski definition) is 0. The summed E-state index contributed by atoms with van der Waals surface area (Å²) in [6.07, 6.45) is -1.02.